The van der Waals surface area contributed by atoms with Crippen LogP contribution >= 0.6 is 0 Å². The number of nitrogens with zero attached hydrogens (tertiary/aromatic N) is 2. The number of carbonyl (C=O) groups excluding carboxylic acids is 1. The van der Waals surface area contributed by atoms with Gasteiger partial charge in [0.1, 0.15) is 0 Å². The highest BCUT2D eigenvalue weighted by atomic mass is 16.4. The van der Waals surface area contributed by atoms with Gasteiger partial charge in [0, 0.05) is 13.6 Å². The molecule has 1 rings (SSSR count). The number of hydrogen-bond acceptors (Lipinski definition) is 4. The molecule has 0 saturated carbocycles. The van der Waals surface area contributed by atoms with Gasteiger partial charge in [-0.25, -0.2) is 4.79 Å². The second kappa shape index (κ2) is 7.44. The molecular formula is C13H19N3O4. The van der Waals surface area contributed by atoms with E-state index in [-0.39, 0.29) is 12.5 Å². The van der Waals surface area contributed by atoms with Gasteiger partial charge in [-0.3, -0.25) is 9.78 Å². The van der Waals surface area contributed by atoms with E-state index in [1.54, 1.807) is 26.1 Å². The van der Waals surface area contributed by atoms with Crippen molar-refractivity contribution in [1.29, 1.82) is 0 Å². The second-order valence-corrected chi connectivity index (χ2v) is 4.60. The fourth-order valence-electron chi connectivity index (χ4n) is 1.46. The largest absolute Gasteiger partial charge is 0.481 e. The van der Waals surface area contributed by atoms with Crippen molar-refractivity contribution >= 4 is 17.7 Å². The second-order valence-electron chi connectivity index (χ2n) is 4.60. The molecule has 3 N–H and O–H groups in total. The molecule has 110 valence electrons. The first-order chi connectivity index (χ1) is 9.38. The van der Waals surface area contributed by atoms with E-state index in [0.29, 0.717) is 24.3 Å². The maximum Gasteiger partial charge on any atom is 0.321 e. The zero-order valence-electron chi connectivity index (χ0n) is 11.5. The van der Waals surface area contributed by atoms with Crippen LogP contribution in [0.5, 0.6) is 0 Å². The molecule has 1 unspecified atom stereocenters. The van der Waals surface area contributed by atoms with Crippen molar-refractivity contribution in [3.8, 4) is 0 Å². The van der Waals surface area contributed by atoms with Crippen molar-refractivity contribution in [1.82, 2.24) is 9.88 Å². The Labute approximate surface area is 117 Å². The van der Waals surface area contributed by atoms with Crippen LogP contribution in [0, 0.1) is 0 Å². The van der Waals surface area contributed by atoms with Gasteiger partial charge in [-0.15, -0.1) is 0 Å². The average molecular weight is 281 g/mol. The molecule has 1 atom stereocenters. The number of nitrogens with one attached hydrogen (secondary N) is 1. The number of aliphatic hydroxyl groups is 1. The minimum atomic E-state index is -0.952. The molecule has 20 heavy (non-hydrogen) atoms. The summed E-state index contributed by atoms with van der Waals surface area (Å²) in [6, 6.07) is 2.85. The normalized spacial score (nSPS) is 11.8. The summed E-state index contributed by atoms with van der Waals surface area (Å²) in [7, 11) is 1.63. The van der Waals surface area contributed by atoms with E-state index in [2.05, 4.69) is 10.3 Å². The first-order valence-electron chi connectivity index (χ1n) is 6.25. The molecule has 7 nitrogen and oxygen atoms in total. The number of aliphatic hydroxyl groups excluding tert-OH is 1. The molecule has 0 radical (unpaired) electrons. The summed E-state index contributed by atoms with van der Waals surface area (Å²) in [4.78, 5) is 27.7. The highest BCUT2D eigenvalue weighted by Gasteiger charge is 2.10. The predicted molar refractivity (Wildman–Crippen MR) is 73.5 cm³/mol. The Balaban J connectivity index is 2.51. The number of aliphatic carboxylic acids is 1. The average Bonchev–Trinajstić information content (AvgIpc) is 2.37. The number of carboxylic acid groups (broad SMARTS) is 1. The summed E-state index contributed by atoms with van der Waals surface area (Å²) in [6.45, 7) is 2.10. The predicted octanol–water partition coefficient (Wildman–Crippen LogP) is 0.943. The lowest BCUT2D eigenvalue weighted by atomic mass is 10.2. The Morgan fingerprint density at radius 1 is 1.45 bits per heavy atom. The smallest absolute Gasteiger partial charge is 0.321 e. The van der Waals surface area contributed by atoms with Crippen molar-refractivity contribution in [2.24, 2.45) is 0 Å². The molecule has 2 amide bonds. The van der Waals surface area contributed by atoms with Gasteiger partial charge < -0.3 is 20.4 Å². The zero-order chi connectivity index (χ0) is 15.1. The molecule has 0 aliphatic carbocycles. The minimum absolute atomic E-state index is 0.150. The highest BCUT2D eigenvalue weighted by Crippen LogP contribution is 2.08. The topological polar surface area (TPSA) is 103 Å². The molecule has 0 saturated heterocycles. The Kier molecular flexibility index (Phi) is 5.92. The number of amides is 2. The van der Waals surface area contributed by atoms with Crippen LogP contribution in [0.3, 0.4) is 0 Å². The van der Waals surface area contributed by atoms with Crippen molar-refractivity contribution in [3.63, 3.8) is 0 Å². The number of hydrogen-bond donors (Lipinski definition) is 3. The quantitative estimate of drug-likeness (QED) is 0.720. The van der Waals surface area contributed by atoms with E-state index >= 15 is 0 Å². The minimum Gasteiger partial charge on any atom is -0.481 e. The van der Waals surface area contributed by atoms with Gasteiger partial charge in [0.2, 0.25) is 0 Å². The van der Waals surface area contributed by atoms with Crippen LogP contribution in [0.2, 0.25) is 0 Å². The summed E-state index contributed by atoms with van der Waals surface area (Å²) in [5.74, 6) is -0.952. The standard InChI is InChI=1S/C13H19N3O4/c1-9(17)5-6-16(2)13(20)15-11-4-3-10(14-8-11)7-12(18)19/h3-4,8-9,17H,5-7H2,1-2H3,(H,15,20)(H,18,19). The number of aromatic nitrogens is 1. The van der Waals surface area contributed by atoms with E-state index in [1.807, 2.05) is 0 Å². The number of carbonyl (C=O) groups is 2. The van der Waals surface area contributed by atoms with Crippen molar-refractivity contribution in [2.75, 3.05) is 18.9 Å². The molecule has 0 fully saturated rings. The van der Waals surface area contributed by atoms with Crippen LogP contribution in [-0.4, -0.2) is 51.8 Å². The SMILES string of the molecule is CC(O)CCN(C)C(=O)Nc1ccc(CC(=O)O)nc1. The number of rotatable bonds is 6. The lowest BCUT2D eigenvalue weighted by Crippen LogP contribution is -2.33. The van der Waals surface area contributed by atoms with Gasteiger partial charge in [0.15, 0.2) is 0 Å². The van der Waals surface area contributed by atoms with Gasteiger partial charge in [0.25, 0.3) is 0 Å². The Morgan fingerprint density at radius 3 is 2.65 bits per heavy atom. The summed E-state index contributed by atoms with van der Waals surface area (Å²) < 4.78 is 0. The lowest BCUT2D eigenvalue weighted by molar-refractivity contribution is -0.136. The van der Waals surface area contributed by atoms with E-state index in [9.17, 15) is 9.59 Å². The third kappa shape index (κ3) is 5.66. The Hall–Kier alpha value is -2.15. The number of anilines is 1. The van der Waals surface area contributed by atoms with Gasteiger partial charge in [-0.2, -0.15) is 0 Å². The van der Waals surface area contributed by atoms with Gasteiger partial charge in [-0.05, 0) is 25.5 Å². The monoisotopic (exact) mass is 281 g/mol. The number of pyridine rings is 1. The fourth-order valence-corrected chi connectivity index (χ4v) is 1.46. The zero-order valence-corrected chi connectivity index (χ0v) is 11.5. The third-order valence-electron chi connectivity index (χ3n) is 2.64. The molecule has 0 bridgehead atoms. The fraction of sp³-hybridized carbons (Fsp3) is 0.462. The third-order valence-corrected chi connectivity index (χ3v) is 2.64. The Bertz CT molecular complexity index is 459. The molecule has 1 heterocycles. The van der Waals surface area contributed by atoms with Crippen LogP contribution < -0.4 is 5.32 Å². The summed E-state index contributed by atoms with van der Waals surface area (Å²) in [5.41, 5.74) is 0.922. The molecule has 0 aliphatic rings. The van der Waals surface area contributed by atoms with Gasteiger partial charge in [-0.1, -0.05) is 0 Å². The van der Waals surface area contributed by atoms with E-state index in [0.717, 1.165) is 0 Å². The maximum atomic E-state index is 11.8. The van der Waals surface area contributed by atoms with E-state index < -0.39 is 12.1 Å². The summed E-state index contributed by atoms with van der Waals surface area (Å²) in [6.07, 6.45) is 1.31. The van der Waals surface area contributed by atoms with E-state index in [4.69, 9.17) is 10.2 Å². The summed E-state index contributed by atoms with van der Waals surface area (Å²) in [5, 5.41) is 20.4. The van der Waals surface area contributed by atoms with Crippen LogP contribution in [0.4, 0.5) is 10.5 Å². The molecule has 0 aliphatic heterocycles. The Morgan fingerprint density at radius 2 is 2.15 bits per heavy atom. The van der Waals surface area contributed by atoms with Crippen molar-refractivity contribution < 1.29 is 19.8 Å². The molecule has 1 aromatic heterocycles. The first kappa shape index (κ1) is 15.9. The maximum absolute atomic E-state index is 11.8. The lowest BCUT2D eigenvalue weighted by Gasteiger charge is -2.18. The molecule has 1 aromatic rings. The van der Waals surface area contributed by atoms with Crippen molar-refractivity contribution in [3.05, 3.63) is 24.0 Å². The number of urea groups is 1. The number of carboxylic acids is 1. The van der Waals surface area contributed by atoms with Crippen LogP contribution in [0.25, 0.3) is 0 Å². The van der Waals surface area contributed by atoms with Crippen LogP contribution in [-0.2, 0) is 11.2 Å². The van der Waals surface area contributed by atoms with Crippen LogP contribution in [0.1, 0.15) is 19.0 Å². The molecule has 7 heteroatoms. The van der Waals surface area contributed by atoms with Crippen molar-refractivity contribution in [2.45, 2.75) is 25.9 Å². The molecule has 0 aromatic carbocycles. The molecular weight excluding hydrogens is 262 g/mol. The van der Waals surface area contributed by atoms with Gasteiger partial charge in [0.05, 0.1) is 30.1 Å². The van der Waals surface area contributed by atoms with Crippen LogP contribution in [0.15, 0.2) is 18.3 Å². The van der Waals surface area contributed by atoms with Gasteiger partial charge >= 0.3 is 12.0 Å². The first-order valence-corrected chi connectivity index (χ1v) is 6.25. The summed E-state index contributed by atoms with van der Waals surface area (Å²) >= 11 is 0. The van der Waals surface area contributed by atoms with E-state index in [1.165, 1.54) is 11.1 Å². The highest BCUT2D eigenvalue weighted by molar-refractivity contribution is 5.88. The molecule has 0 spiro atoms.